The van der Waals surface area contributed by atoms with E-state index in [-0.39, 0.29) is 6.09 Å². The van der Waals surface area contributed by atoms with Gasteiger partial charge in [0.2, 0.25) is 0 Å². The molecule has 0 saturated heterocycles. The molecule has 4 heteroatoms. The number of rotatable bonds is 9. The lowest BCUT2D eigenvalue weighted by Gasteiger charge is -2.26. The van der Waals surface area contributed by atoms with E-state index < -0.39 is 5.60 Å². The summed E-state index contributed by atoms with van der Waals surface area (Å²) in [5.74, 6) is 0.598. The maximum Gasteiger partial charge on any atom is 0.407 e. The first-order valence-electron chi connectivity index (χ1n) is 8.37. The van der Waals surface area contributed by atoms with E-state index in [1.54, 1.807) is 0 Å². The molecule has 4 nitrogen and oxygen atoms in total. The maximum absolute atomic E-state index is 11.7. The molecule has 0 bridgehead atoms. The fourth-order valence-electron chi connectivity index (χ4n) is 2.30. The molecule has 21 heavy (non-hydrogen) atoms. The Bertz CT molecular complexity index is 285. The second-order valence-electron chi connectivity index (χ2n) is 7.42. The third-order valence-corrected chi connectivity index (χ3v) is 3.16. The van der Waals surface area contributed by atoms with Crippen LogP contribution in [0.4, 0.5) is 4.79 Å². The quantitative estimate of drug-likeness (QED) is 0.674. The van der Waals surface area contributed by atoms with Crippen molar-refractivity contribution in [3.05, 3.63) is 0 Å². The monoisotopic (exact) mass is 300 g/mol. The summed E-state index contributed by atoms with van der Waals surface area (Å²) in [7, 11) is 0. The first-order chi connectivity index (χ1) is 9.64. The van der Waals surface area contributed by atoms with Crippen LogP contribution >= 0.6 is 0 Å². The van der Waals surface area contributed by atoms with Gasteiger partial charge in [0.1, 0.15) is 5.60 Å². The lowest BCUT2D eigenvalue weighted by Crippen LogP contribution is -2.46. The Hall–Kier alpha value is -0.770. The summed E-state index contributed by atoms with van der Waals surface area (Å²) in [5, 5.41) is 6.51. The van der Waals surface area contributed by atoms with E-state index >= 15 is 0 Å². The molecule has 0 spiro atoms. The van der Waals surface area contributed by atoms with Crippen LogP contribution in [-0.2, 0) is 4.74 Å². The molecule has 2 unspecified atom stereocenters. The molecule has 0 aliphatic heterocycles. The number of carbonyl (C=O) groups is 1. The van der Waals surface area contributed by atoms with Crippen LogP contribution in [0.1, 0.15) is 74.1 Å². The lowest BCUT2D eigenvalue weighted by molar-refractivity contribution is 0.0520. The summed E-state index contributed by atoms with van der Waals surface area (Å²) < 4.78 is 5.29. The standard InChI is InChI=1S/C17H36N2O2/c1-8-9-10-14(4)19-15(11-13(2)3)12-18-16(20)21-17(5,6)7/h13-15,19H,8-12H2,1-7H3,(H,18,20). The van der Waals surface area contributed by atoms with Crippen molar-refractivity contribution in [1.29, 1.82) is 0 Å². The van der Waals surface area contributed by atoms with Crippen molar-refractivity contribution in [3.8, 4) is 0 Å². The van der Waals surface area contributed by atoms with Crippen LogP contribution in [0.5, 0.6) is 0 Å². The van der Waals surface area contributed by atoms with Gasteiger partial charge in [-0.2, -0.15) is 0 Å². The third kappa shape index (κ3) is 12.7. The number of hydrogen-bond donors (Lipinski definition) is 2. The van der Waals surface area contributed by atoms with Gasteiger partial charge < -0.3 is 15.4 Å². The fraction of sp³-hybridized carbons (Fsp3) is 0.941. The van der Waals surface area contributed by atoms with Gasteiger partial charge in [0.05, 0.1) is 0 Å². The molecule has 0 fully saturated rings. The highest BCUT2D eigenvalue weighted by Crippen LogP contribution is 2.09. The Labute approximate surface area is 131 Å². The van der Waals surface area contributed by atoms with E-state index in [1.807, 2.05) is 20.8 Å². The topological polar surface area (TPSA) is 50.4 Å². The van der Waals surface area contributed by atoms with E-state index in [2.05, 4.69) is 38.3 Å². The fourth-order valence-corrected chi connectivity index (χ4v) is 2.30. The molecule has 0 radical (unpaired) electrons. The average Bonchev–Trinajstić information content (AvgIpc) is 2.30. The second kappa shape index (κ2) is 10.0. The van der Waals surface area contributed by atoms with Crippen molar-refractivity contribution >= 4 is 6.09 Å². The number of alkyl carbamates (subject to hydrolysis) is 1. The Balaban J connectivity index is 4.26. The molecule has 0 aromatic heterocycles. The molecule has 0 rings (SSSR count). The van der Waals surface area contributed by atoms with Crippen molar-refractivity contribution in [2.45, 2.75) is 91.8 Å². The van der Waals surface area contributed by atoms with Gasteiger partial charge in [-0.25, -0.2) is 4.79 Å². The van der Waals surface area contributed by atoms with Crippen LogP contribution in [0.2, 0.25) is 0 Å². The number of unbranched alkanes of at least 4 members (excludes halogenated alkanes) is 1. The minimum atomic E-state index is -0.445. The van der Waals surface area contributed by atoms with E-state index in [9.17, 15) is 4.79 Å². The van der Waals surface area contributed by atoms with Crippen LogP contribution in [0.15, 0.2) is 0 Å². The highest BCUT2D eigenvalue weighted by Gasteiger charge is 2.18. The van der Waals surface area contributed by atoms with Gasteiger partial charge in [-0.1, -0.05) is 33.6 Å². The Kier molecular flexibility index (Phi) is 9.67. The summed E-state index contributed by atoms with van der Waals surface area (Å²) in [5.41, 5.74) is -0.445. The molecule has 0 aliphatic rings. The van der Waals surface area contributed by atoms with Crippen molar-refractivity contribution in [3.63, 3.8) is 0 Å². The average molecular weight is 300 g/mol. The minimum Gasteiger partial charge on any atom is -0.444 e. The number of nitrogens with one attached hydrogen (secondary N) is 2. The molecule has 126 valence electrons. The normalized spacial score (nSPS) is 14.9. The molecule has 0 aromatic rings. The van der Waals surface area contributed by atoms with Crippen LogP contribution in [0, 0.1) is 5.92 Å². The Morgan fingerprint density at radius 3 is 2.29 bits per heavy atom. The SMILES string of the molecule is CCCCC(C)NC(CNC(=O)OC(C)(C)C)CC(C)C. The molecule has 2 N–H and O–H groups in total. The van der Waals surface area contributed by atoms with Crippen molar-refractivity contribution < 1.29 is 9.53 Å². The number of amides is 1. The minimum absolute atomic E-state index is 0.296. The molecular weight excluding hydrogens is 264 g/mol. The van der Waals surface area contributed by atoms with E-state index in [0.717, 1.165) is 6.42 Å². The molecule has 1 amide bonds. The first-order valence-corrected chi connectivity index (χ1v) is 8.37. The largest absolute Gasteiger partial charge is 0.444 e. The van der Waals surface area contributed by atoms with Gasteiger partial charge in [-0.3, -0.25) is 0 Å². The molecule has 0 heterocycles. The molecule has 0 saturated carbocycles. The van der Waals surface area contributed by atoms with Gasteiger partial charge in [0, 0.05) is 18.6 Å². The molecular formula is C17H36N2O2. The summed E-state index contributed by atoms with van der Waals surface area (Å²) in [4.78, 5) is 11.7. The van der Waals surface area contributed by atoms with E-state index in [1.165, 1.54) is 19.3 Å². The number of hydrogen-bond acceptors (Lipinski definition) is 3. The van der Waals surface area contributed by atoms with Gasteiger partial charge in [-0.05, 0) is 46.5 Å². The van der Waals surface area contributed by atoms with Gasteiger partial charge in [-0.15, -0.1) is 0 Å². The van der Waals surface area contributed by atoms with Crippen LogP contribution in [0.25, 0.3) is 0 Å². The Morgan fingerprint density at radius 2 is 1.81 bits per heavy atom. The van der Waals surface area contributed by atoms with E-state index in [4.69, 9.17) is 4.74 Å². The summed E-state index contributed by atoms with van der Waals surface area (Å²) in [6, 6.07) is 0.776. The van der Waals surface area contributed by atoms with Crippen molar-refractivity contribution in [2.24, 2.45) is 5.92 Å². The smallest absolute Gasteiger partial charge is 0.407 e. The summed E-state index contributed by atoms with van der Waals surface area (Å²) in [6.07, 6.45) is 4.35. The van der Waals surface area contributed by atoms with Crippen LogP contribution in [-0.4, -0.2) is 30.3 Å². The second-order valence-corrected chi connectivity index (χ2v) is 7.42. The number of ether oxygens (including phenoxy) is 1. The van der Waals surface area contributed by atoms with Crippen LogP contribution < -0.4 is 10.6 Å². The van der Waals surface area contributed by atoms with Gasteiger partial charge in [0.15, 0.2) is 0 Å². The van der Waals surface area contributed by atoms with Gasteiger partial charge in [0.25, 0.3) is 0 Å². The predicted octanol–water partition coefficient (Wildman–Crippen LogP) is 4.09. The zero-order valence-electron chi connectivity index (χ0n) is 15.1. The lowest BCUT2D eigenvalue weighted by atomic mass is 10.0. The van der Waals surface area contributed by atoms with Gasteiger partial charge >= 0.3 is 6.09 Å². The Morgan fingerprint density at radius 1 is 1.19 bits per heavy atom. The zero-order chi connectivity index (χ0) is 16.5. The van der Waals surface area contributed by atoms with E-state index in [0.29, 0.717) is 24.5 Å². The highest BCUT2D eigenvalue weighted by atomic mass is 16.6. The molecule has 2 atom stereocenters. The first kappa shape index (κ1) is 20.2. The molecule has 0 aliphatic carbocycles. The zero-order valence-corrected chi connectivity index (χ0v) is 15.1. The maximum atomic E-state index is 11.7. The number of carbonyl (C=O) groups excluding carboxylic acids is 1. The van der Waals surface area contributed by atoms with Crippen molar-refractivity contribution in [1.82, 2.24) is 10.6 Å². The summed E-state index contributed by atoms with van der Waals surface area (Å²) in [6.45, 7) is 15.1. The highest BCUT2D eigenvalue weighted by molar-refractivity contribution is 5.67. The van der Waals surface area contributed by atoms with Crippen molar-refractivity contribution in [2.75, 3.05) is 6.54 Å². The predicted molar refractivity (Wildman–Crippen MR) is 89.6 cm³/mol. The molecule has 0 aromatic carbocycles. The van der Waals surface area contributed by atoms with Crippen LogP contribution in [0.3, 0.4) is 0 Å². The third-order valence-electron chi connectivity index (χ3n) is 3.16. The summed E-state index contributed by atoms with van der Waals surface area (Å²) >= 11 is 0.